The lowest BCUT2D eigenvalue weighted by Gasteiger charge is -2.25. The number of nitrogens with one attached hydrogen (secondary N) is 1. The second-order valence-corrected chi connectivity index (χ2v) is 4.76. The summed E-state index contributed by atoms with van der Waals surface area (Å²) in [6, 6.07) is 1.87. The van der Waals surface area contributed by atoms with Crippen LogP contribution in [0.3, 0.4) is 0 Å². The zero-order chi connectivity index (χ0) is 14.3. The number of fused-ring (bicyclic) bond motifs is 1. The van der Waals surface area contributed by atoms with Gasteiger partial charge >= 0.3 is 0 Å². The van der Waals surface area contributed by atoms with E-state index in [9.17, 15) is 9.59 Å². The second-order valence-electron chi connectivity index (χ2n) is 4.76. The van der Waals surface area contributed by atoms with Gasteiger partial charge in [-0.05, 0) is 19.9 Å². The maximum absolute atomic E-state index is 12.3. The molecule has 2 aromatic rings. The molecule has 0 atom stereocenters. The molecule has 20 heavy (non-hydrogen) atoms. The predicted molar refractivity (Wildman–Crippen MR) is 69.2 cm³/mol. The molecule has 8 heteroatoms. The first-order valence-electron chi connectivity index (χ1n) is 6.31. The SMILES string of the molecule is Cc1cc(C)n2nc(C(=O)N3CCNC(=O)C3)nc2n1. The number of carbonyl (C=O) groups excluding carboxylic acids is 2. The van der Waals surface area contributed by atoms with Crippen molar-refractivity contribution in [2.24, 2.45) is 0 Å². The van der Waals surface area contributed by atoms with E-state index in [4.69, 9.17) is 0 Å². The fraction of sp³-hybridized carbons (Fsp3) is 0.417. The Balaban J connectivity index is 1.95. The summed E-state index contributed by atoms with van der Waals surface area (Å²) in [6.45, 7) is 4.69. The van der Waals surface area contributed by atoms with Crippen molar-refractivity contribution in [3.8, 4) is 0 Å². The molecule has 0 saturated carbocycles. The summed E-state index contributed by atoms with van der Waals surface area (Å²) in [5, 5.41) is 6.84. The number of rotatable bonds is 1. The standard InChI is InChI=1S/C12H14N6O2/c1-7-5-8(2)18-12(14-7)15-10(16-18)11(20)17-4-3-13-9(19)6-17/h5H,3-4,6H2,1-2H3,(H,13,19). The van der Waals surface area contributed by atoms with Crippen LogP contribution in [0.5, 0.6) is 0 Å². The van der Waals surface area contributed by atoms with Gasteiger partial charge in [0, 0.05) is 24.5 Å². The summed E-state index contributed by atoms with van der Waals surface area (Å²) in [5.74, 6) is -0.0471. The normalized spacial score (nSPS) is 15.5. The number of amides is 2. The highest BCUT2D eigenvalue weighted by Crippen LogP contribution is 2.08. The molecule has 0 spiro atoms. The lowest BCUT2D eigenvalue weighted by atomic mass is 10.3. The van der Waals surface area contributed by atoms with Gasteiger partial charge in [0.05, 0.1) is 0 Å². The van der Waals surface area contributed by atoms with Gasteiger partial charge in [-0.2, -0.15) is 4.98 Å². The highest BCUT2D eigenvalue weighted by atomic mass is 16.2. The summed E-state index contributed by atoms with van der Waals surface area (Å²) in [7, 11) is 0. The number of nitrogens with zero attached hydrogens (tertiary/aromatic N) is 5. The smallest absolute Gasteiger partial charge is 0.294 e. The molecule has 1 aliphatic rings. The van der Waals surface area contributed by atoms with Gasteiger partial charge in [0.2, 0.25) is 11.7 Å². The maximum Gasteiger partial charge on any atom is 0.294 e. The Morgan fingerprint density at radius 2 is 2.15 bits per heavy atom. The topological polar surface area (TPSA) is 92.5 Å². The minimum atomic E-state index is -0.345. The van der Waals surface area contributed by atoms with Crippen LogP contribution in [0.15, 0.2) is 6.07 Å². The van der Waals surface area contributed by atoms with Crippen LogP contribution in [0, 0.1) is 13.8 Å². The highest BCUT2D eigenvalue weighted by Gasteiger charge is 2.25. The van der Waals surface area contributed by atoms with Gasteiger partial charge in [0.15, 0.2) is 0 Å². The summed E-state index contributed by atoms with van der Waals surface area (Å²) in [4.78, 5) is 33.4. The Morgan fingerprint density at radius 1 is 1.35 bits per heavy atom. The van der Waals surface area contributed by atoms with Crippen LogP contribution >= 0.6 is 0 Å². The Morgan fingerprint density at radius 3 is 2.90 bits per heavy atom. The molecule has 2 amide bonds. The van der Waals surface area contributed by atoms with Crippen LogP contribution < -0.4 is 5.32 Å². The van der Waals surface area contributed by atoms with Crippen molar-refractivity contribution in [1.82, 2.24) is 29.8 Å². The summed E-state index contributed by atoms with van der Waals surface area (Å²) < 4.78 is 1.53. The van der Waals surface area contributed by atoms with Crippen molar-refractivity contribution in [2.45, 2.75) is 13.8 Å². The van der Waals surface area contributed by atoms with Gasteiger partial charge in [0.25, 0.3) is 11.7 Å². The molecule has 0 aliphatic carbocycles. The van der Waals surface area contributed by atoms with Gasteiger partial charge in [-0.3, -0.25) is 9.59 Å². The highest BCUT2D eigenvalue weighted by molar-refractivity contribution is 5.94. The number of hydrogen-bond acceptors (Lipinski definition) is 5. The molecular formula is C12H14N6O2. The van der Waals surface area contributed by atoms with Crippen LogP contribution in [0.25, 0.3) is 5.78 Å². The van der Waals surface area contributed by atoms with Gasteiger partial charge in [-0.15, -0.1) is 5.10 Å². The molecule has 0 unspecified atom stereocenters. The van der Waals surface area contributed by atoms with Crippen molar-refractivity contribution < 1.29 is 9.59 Å². The van der Waals surface area contributed by atoms with Gasteiger partial charge in [-0.25, -0.2) is 9.50 Å². The first-order chi connectivity index (χ1) is 9.54. The van der Waals surface area contributed by atoms with Crippen molar-refractivity contribution in [1.29, 1.82) is 0 Å². The van der Waals surface area contributed by atoms with E-state index < -0.39 is 0 Å². The first-order valence-corrected chi connectivity index (χ1v) is 6.31. The van der Waals surface area contributed by atoms with Crippen LogP contribution in [-0.2, 0) is 4.79 Å². The number of piperazine rings is 1. The first kappa shape index (κ1) is 12.5. The Bertz CT molecular complexity index is 707. The third kappa shape index (κ3) is 2.09. The van der Waals surface area contributed by atoms with Crippen LogP contribution in [-0.4, -0.2) is 55.9 Å². The number of aromatic nitrogens is 4. The average molecular weight is 274 g/mol. The average Bonchev–Trinajstić information content (AvgIpc) is 2.82. The Kier molecular flexibility index (Phi) is 2.85. The quantitative estimate of drug-likeness (QED) is 0.743. The predicted octanol–water partition coefficient (Wildman–Crippen LogP) is -0.687. The molecule has 3 heterocycles. The molecule has 2 aromatic heterocycles. The lowest BCUT2D eigenvalue weighted by Crippen LogP contribution is -2.50. The van der Waals surface area contributed by atoms with Gasteiger partial charge < -0.3 is 10.2 Å². The van der Waals surface area contributed by atoms with Crippen molar-refractivity contribution in [2.75, 3.05) is 19.6 Å². The van der Waals surface area contributed by atoms with E-state index in [1.807, 2.05) is 19.9 Å². The van der Waals surface area contributed by atoms with E-state index in [1.165, 1.54) is 9.42 Å². The van der Waals surface area contributed by atoms with Crippen molar-refractivity contribution in [3.05, 3.63) is 23.3 Å². The summed E-state index contributed by atoms with van der Waals surface area (Å²) in [5.41, 5.74) is 1.68. The fourth-order valence-electron chi connectivity index (χ4n) is 2.21. The molecule has 1 saturated heterocycles. The third-order valence-corrected chi connectivity index (χ3v) is 3.14. The zero-order valence-electron chi connectivity index (χ0n) is 11.3. The van der Waals surface area contributed by atoms with Gasteiger partial charge in [0.1, 0.15) is 6.54 Å². The minimum Gasteiger partial charge on any atom is -0.353 e. The molecule has 0 bridgehead atoms. The number of hydrogen-bond donors (Lipinski definition) is 1. The van der Waals surface area contributed by atoms with Crippen LogP contribution in [0.2, 0.25) is 0 Å². The summed E-state index contributed by atoms with van der Waals surface area (Å²) >= 11 is 0. The van der Waals surface area contributed by atoms with Gasteiger partial charge in [-0.1, -0.05) is 0 Å². The molecule has 0 aromatic carbocycles. The third-order valence-electron chi connectivity index (χ3n) is 3.14. The molecule has 1 fully saturated rings. The monoisotopic (exact) mass is 274 g/mol. The maximum atomic E-state index is 12.3. The molecule has 1 aliphatic heterocycles. The van der Waals surface area contributed by atoms with E-state index in [0.717, 1.165) is 11.4 Å². The molecule has 8 nitrogen and oxygen atoms in total. The van der Waals surface area contributed by atoms with Crippen molar-refractivity contribution in [3.63, 3.8) is 0 Å². The number of carbonyl (C=O) groups is 2. The summed E-state index contributed by atoms with van der Waals surface area (Å²) in [6.07, 6.45) is 0. The van der Waals surface area contributed by atoms with E-state index in [1.54, 1.807) is 0 Å². The molecule has 3 rings (SSSR count). The van der Waals surface area contributed by atoms with Crippen molar-refractivity contribution >= 4 is 17.6 Å². The van der Waals surface area contributed by atoms with Crippen LogP contribution in [0.4, 0.5) is 0 Å². The molecule has 104 valence electrons. The Hall–Kier alpha value is -2.51. The van der Waals surface area contributed by atoms with E-state index in [2.05, 4.69) is 20.4 Å². The fourth-order valence-corrected chi connectivity index (χ4v) is 2.21. The zero-order valence-corrected chi connectivity index (χ0v) is 11.3. The second kappa shape index (κ2) is 4.55. The molecule has 1 N–H and O–H groups in total. The van der Waals surface area contributed by atoms with E-state index in [0.29, 0.717) is 18.9 Å². The van der Waals surface area contributed by atoms with E-state index in [-0.39, 0.29) is 24.2 Å². The molecule has 0 radical (unpaired) electrons. The number of aryl methyl sites for hydroxylation is 2. The molecular weight excluding hydrogens is 260 g/mol. The largest absolute Gasteiger partial charge is 0.353 e. The Labute approximate surface area is 114 Å². The van der Waals surface area contributed by atoms with E-state index >= 15 is 0 Å². The lowest BCUT2D eigenvalue weighted by molar-refractivity contribution is -0.123. The minimum absolute atomic E-state index is 0.0415. The van der Waals surface area contributed by atoms with Crippen LogP contribution in [0.1, 0.15) is 22.0 Å².